The minimum Gasteiger partial charge on any atom is -0.465 e. The first kappa shape index (κ1) is 19.7. The Hall–Kier alpha value is -4.07. The van der Waals surface area contributed by atoms with Gasteiger partial charge in [-0.3, -0.25) is 14.6 Å². The maximum atomic E-state index is 12.4. The molecule has 0 saturated carbocycles. The minimum absolute atomic E-state index is 0.0959. The van der Waals surface area contributed by atoms with Crippen molar-refractivity contribution >= 4 is 23.5 Å². The minimum atomic E-state index is -0.473. The highest BCUT2D eigenvalue weighted by Gasteiger charge is 2.13. The zero-order valence-electron chi connectivity index (χ0n) is 15.6. The van der Waals surface area contributed by atoms with E-state index in [4.69, 9.17) is 0 Å². The van der Waals surface area contributed by atoms with Gasteiger partial charge in [-0.2, -0.15) is 0 Å². The fourth-order valence-corrected chi connectivity index (χ4v) is 2.46. The molecule has 0 aliphatic heterocycles. The van der Waals surface area contributed by atoms with Gasteiger partial charge in [-0.15, -0.1) is 0 Å². The van der Waals surface area contributed by atoms with Crippen molar-refractivity contribution < 1.29 is 19.1 Å². The highest BCUT2D eigenvalue weighted by molar-refractivity contribution is 6.04. The quantitative estimate of drug-likeness (QED) is 0.626. The second-order valence-electron chi connectivity index (χ2n) is 5.97. The normalized spacial score (nSPS) is 10.1. The van der Waals surface area contributed by atoms with Crippen LogP contribution in [0.5, 0.6) is 0 Å². The maximum absolute atomic E-state index is 12.4. The SMILES string of the molecule is COC(=O)c1ccc(NC(=O)c2cccc(C(=O)NCc3ccncc3)n2)cc1. The molecule has 0 aliphatic carbocycles. The van der Waals surface area contributed by atoms with Crippen molar-refractivity contribution in [3.05, 3.63) is 89.5 Å². The molecule has 0 radical (unpaired) electrons. The van der Waals surface area contributed by atoms with Gasteiger partial charge in [0.1, 0.15) is 11.4 Å². The number of carbonyl (C=O) groups excluding carboxylic acids is 3. The summed E-state index contributed by atoms with van der Waals surface area (Å²) in [4.78, 5) is 44.3. The summed E-state index contributed by atoms with van der Waals surface area (Å²) in [7, 11) is 1.30. The molecule has 0 saturated heterocycles. The van der Waals surface area contributed by atoms with Crippen LogP contribution in [-0.2, 0) is 11.3 Å². The third kappa shape index (κ3) is 5.23. The summed E-state index contributed by atoms with van der Waals surface area (Å²) in [5.74, 6) is -1.33. The molecule has 146 valence electrons. The van der Waals surface area contributed by atoms with Gasteiger partial charge in [0.05, 0.1) is 12.7 Å². The Bertz CT molecular complexity index is 1020. The smallest absolute Gasteiger partial charge is 0.337 e. The van der Waals surface area contributed by atoms with E-state index < -0.39 is 11.9 Å². The third-order valence-corrected chi connectivity index (χ3v) is 3.98. The summed E-state index contributed by atoms with van der Waals surface area (Å²) in [5.41, 5.74) is 1.98. The fraction of sp³-hybridized carbons (Fsp3) is 0.0952. The number of anilines is 1. The van der Waals surface area contributed by atoms with Crippen molar-refractivity contribution in [2.24, 2.45) is 0 Å². The van der Waals surface area contributed by atoms with Gasteiger partial charge in [-0.05, 0) is 54.1 Å². The van der Waals surface area contributed by atoms with E-state index in [1.54, 1.807) is 42.7 Å². The van der Waals surface area contributed by atoms with Gasteiger partial charge in [0, 0.05) is 24.6 Å². The monoisotopic (exact) mass is 390 g/mol. The number of pyridine rings is 2. The molecule has 1 aromatic carbocycles. The summed E-state index contributed by atoms with van der Waals surface area (Å²) < 4.78 is 4.63. The molecule has 29 heavy (non-hydrogen) atoms. The Morgan fingerprint density at radius 1 is 0.897 bits per heavy atom. The van der Waals surface area contributed by atoms with E-state index in [0.717, 1.165) is 5.56 Å². The molecular formula is C21H18N4O4. The Balaban J connectivity index is 1.64. The molecule has 8 heteroatoms. The van der Waals surface area contributed by atoms with Gasteiger partial charge in [-0.1, -0.05) is 6.07 Å². The van der Waals surface area contributed by atoms with Gasteiger partial charge in [0.15, 0.2) is 0 Å². The molecule has 2 heterocycles. The Labute approximate surface area is 167 Å². The fourth-order valence-electron chi connectivity index (χ4n) is 2.46. The van der Waals surface area contributed by atoms with E-state index in [2.05, 4.69) is 25.3 Å². The molecule has 3 rings (SSSR count). The lowest BCUT2D eigenvalue weighted by Gasteiger charge is -2.08. The van der Waals surface area contributed by atoms with Crippen molar-refractivity contribution in [1.82, 2.24) is 15.3 Å². The van der Waals surface area contributed by atoms with Crippen LogP contribution >= 0.6 is 0 Å². The largest absolute Gasteiger partial charge is 0.465 e. The topological polar surface area (TPSA) is 110 Å². The number of esters is 1. The van der Waals surface area contributed by atoms with Gasteiger partial charge >= 0.3 is 5.97 Å². The van der Waals surface area contributed by atoms with Crippen LogP contribution in [0.3, 0.4) is 0 Å². The second-order valence-corrected chi connectivity index (χ2v) is 5.97. The number of amides is 2. The van der Waals surface area contributed by atoms with Crippen LogP contribution in [0.1, 0.15) is 36.9 Å². The first-order chi connectivity index (χ1) is 14.1. The Morgan fingerprint density at radius 2 is 1.55 bits per heavy atom. The molecule has 0 atom stereocenters. The average Bonchev–Trinajstić information content (AvgIpc) is 2.78. The predicted octanol–water partition coefficient (Wildman–Crippen LogP) is 2.45. The lowest BCUT2D eigenvalue weighted by Crippen LogP contribution is -2.25. The van der Waals surface area contributed by atoms with E-state index in [1.165, 1.54) is 31.4 Å². The first-order valence-corrected chi connectivity index (χ1v) is 8.70. The van der Waals surface area contributed by atoms with E-state index in [-0.39, 0.29) is 17.3 Å². The Kier molecular flexibility index (Phi) is 6.26. The number of aromatic nitrogens is 2. The maximum Gasteiger partial charge on any atom is 0.337 e. The van der Waals surface area contributed by atoms with E-state index in [9.17, 15) is 14.4 Å². The lowest BCUT2D eigenvalue weighted by atomic mass is 10.2. The molecular weight excluding hydrogens is 372 g/mol. The van der Waals surface area contributed by atoms with Crippen LogP contribution < -0.4 is 10.6 Å². The molecule has 0 unspecified atom stereocenters. The van der Waals surface area contributed by atoms with Crippen molar-refractivity contribution in [1.29, 1.82) is 0 Å². The van der Waals surface area contributed by atoms with Crippen molar-refractivity contribution in [3.8, 4) is 0 Å². The van der Waals surface area contributed by atoms with Gasteiger partial charge in [0.2, 0.25) is 0 Å². The van der Waals surface area contributed by atoms with Crippen molar-refractivity contribution in [3.63, 3.8) is 0 Å². The number of ether oxygens (including phenoxy) is 1. The number of nitrogens with zero attached hydrogens (tertiary/aromatic N) is 2. The van der Waals surface area contributed by atoms with Crippen molar-refractivity contribution in [2.45, 2.75) is 6.54 Å². The van der Waals surface area contributed by atoms with Gasteiger partial charge in [-0.25, -0.2) is 9.78 Å². The number of hydrogen-bond acceptors (Lipinski definition) is 6. The number of nitrogens with one attached hydrogen (secondary N) is 2. The average molecular weight is 390 g/mol. The van der Waals surface area contributed by atoms with Crippen LogP contribution in [0, 0.1) is 0 Å². The van der Waals surface area contributed by atoms with Gasteiger partial charge in [0.25, 0.3) is 11.8 Å². The van der Waals surface area contributed by atoms with Crippen LogP contribution in [0.2, 0.25) is 0 Å². The van der Waals surface area contributed by atoms with Crippen LogP contribution in [0.4, 0.5) is 5.69 Å². The number of methoxy groups -OCH3 is 1. The molecule has 0 fully saturated rings. The first-order valence-electron chi connectivity index (χ1n) is 8.70. The number of rotatable bonds is 6. The van der Waals surface area contributed by atoms with Gasteiger partial charge < -0.3 is 15.4 Å². The zero-order valence-corrected chi connectivity index (χ0v) is 15.6. The molecule has 0 bridgehead atoms. The molecule has 0 spiro atoms. The summed E-state index contributed by atoms with van der Waals surface area (Å²) in [5, 5.41) is 5.42. The molecule has 8 nitrogen and oxygen atoms in total. The highest BCUT2D eigenvalue weighted by Crippen LogP contribution is 2.12. The zero-order chi connectivity index (χ0) is 20.6. The summed E-state index contributed by atoms with van der Waals surface area (Å²) in [6.07, 6.45) is 3.28. The van der Waals surface area contributed by atoms with E-state index in [0.29, 0.717) is 17.8 Å². The van der Waals surface area contributed by atoms with Crippen molar-refractivity contribution in [2.75, 3.05) is 12.4 Å². The van der Waals surface area contributed by atoms with E-state index in [1.807, 2.05) is 0 Å². The molecule has 0 aliphatic rings. The molecule has 2 N–H and O–H groups in total. The predicted molar refractivity (Wildman–Crippen MR) is 105 cm³/mol. The Morgan fingerprint density at radius 3 is 2.21 bits per heavy atom. The number of carbonyl (C=O) groups is 3. The summed E-state index contributed by atoms with van der Waals surface area (Å²) >= 11 is 0. The number of benzene rings is 1. The molecule has 2 aromatic heterocycles. The van der Waals surface area contributed by atoms with Crippen LogP contribution in [-0.4, -0.2) is 34.9 Å². The lowest BCUT2D eigenvalue weighted by molar-refractivity contribution is 0.0600. The third-order valence-electron chi connectivity index (χ3n) is 3.98. The molecule has 2 amide bonds. The van der Waals surface area contributed by atoms with Crippen LogP contribution in [0.25, 0.3) is 0 Å². The van der Waals surface area contributed by atoms with Crippen LogP contribution in [0.15, 0.2) is 67.0 Å². The highest BCUT2D eigenvalue weighted by atomic mass is 16.5. The number of hydrogen-bond donors (Lipinski definition) is 2. The summed E-state index contributed by atoms with van der Waals surface area (Å²) in [6, 6.07) is 14.5. The summed E-state index contributed by atoms with van der Waals surface area (Å²) in [6.45, 7) is 0.325. The molecule has 3 aromatic rings. The second kappa shape index (κ2) is 9.23. The van der Waals surface area contributed by atoms with E-state index >= 15 is 0 Å². The standard InChI is InChI=1S/C21H18N4O4/c1-29-21(28)15-5-7-16(8-6-15)24-20(27)18-4-2-3-17(25-18)19(26)23-13-14-9-11-22-12-10-14/h2-12H,13H2,1H3,(H,23,26)(H,24,27).